The number of hydrogen-bond acceptors (Lipinski definition) is 4. The first-order valence-corrected chi connectivity index (χ1v) is 10.7. The van der Waals surface area contributed by atoms with Crippen molar-refractivity contribution in [2.45, 2.75) is 26.7 Å². The molecular weight excluding hydrogens is 394 g/mol. The van der Waals surface area contributed by atoms with Crippen LogP contribution in [0.25, 0.3) is 0 Å². The molecule has 0 radical (unpaired) electrons. The third kappa shape index (κ3) is 5.63. The lowest BCUT2D eigenvalue weighted by atomic mass is 10.1. The van der Waals surface area contributed by atoms with Crippen molar-refractivity contribution in [3.63, 3.8) is 0 Å². The third-order valence-electron chi connectivity index (χ3n) is 5.31. The van der Waals surface area contributed by atoms with Crippen LogP contribution in [0.5, 0.6) is 5.75 Å². The fraction of sp³-hybridized carbons (Fsp3) is 0.375. The van der Waals surface area contributed by atoms with Crippen LogP contribution in [-0.2, 0) is 16.0 Å². The summed E-state index contributed by atoms with van der Waals surface area (Å²) in [5.74, 6) is -0.169. The first-order valence-electron chi connectivity index (χ1n) is 10.7. The largest absolute Gasteiger partial charge is 0.482 e. The molecule has 1 aliphatic heterocycles. The molecule has 0 aromatic heterocycles. The van der Waals surface area contributed by atoms with Gasteiger partial charge in [0.05, 0.1) is 5.69 Å². The lowest BCUT2D eigenvalue weighted by Crippen LogP contribution is -2.45. The molecule has 0 atom stereocenters. The highest BCUT2D eigenvalue weighted by molar-refractivity contribution is 6.04. The van der Waals surface area contributed by atoms with Crippen molar-refractivity contribution in [2.75, 3.05) is 37.7 Å². The predicted octanol–water partition coefficient (Wildman–Crippen LogP) is 2.64. The Morgan fingerprint density at radius 2 is 1.84 bits per heavy atom. The Labute approximate surface area is 183 Å². The van der Waals surface area contributed by atoms with E-state index in [1.54, 1.807) is 23.1 Å². The standard InChI is InChI=1S/C24H29N3O4/c1-3-26(4-2)24(30)19-12-13-21-20(15-19)27(23(29)17-31-21)16-22(28)25-14-8-11-18-9-6-5-7-10-18/h5-7,9-10,12-13,15H,3-4,8,11,14,16-17H2,1-2H3,(H,25,28). The maximum atomic E-state index is 12.7. The minimum absolute atomic E-state index is 0.108. The summed E-state index contributed by atoms with van der Waals surface area (Å²) in [7, 11) is 0. The number of nitrogens with one attached hydrogen (secondary N) is 1. The van der Waals surface area contributed by atoms with Crippen LogP contribution in [0, 0.1) is 0 Å². The summed E-state index contributed by atoms with van der Waals surface area (Å²) in [6, 6.07) is 15.1. The normalized spacial score (nSPS) is 12.7. The first kappa shape index (κ1) is 22.3. The molecule has 3 amide bonds. The molecule has 1 N–H and O–H groups in total. The maximum Gasteiger partial charge on any atom is 0.265 e. The van der Waals surface area contributed by atoms with Crippen molar-refractivity contribution in [1.82, 2.24) is 10.2 Å². The molecule has 0 spiro atoms. The van der Waals surface area contributed by atoms with Crippen LogP contribution in [0.1, 0.15) is 36.2 Å². The predicted molar refractivity (Wildman–Crippen MR) is 119 cm³/mol. The van der Waals surface area contributed by atoms with Gasteiger partial charge in [-0.2, -0.15) is 0 Å². The van der Waals surface area contributed by atoms with Crippen LogP contribution >= 0.6 is 0 Å². The second kappa shape index (κ2) is 10.6. The van der Waals surface area contributed by atoms with E-state index in [-0.39, 0.29) is 30.9 Å². The number of aryl methyl sites for hydroxylation is 1. The van der Waals surface area contributed by atoms with Crippen LogP contribution in [0.2, 0.25) is 0 Å². The Balaban J connectivity index is 1.63. The van der Waals surface area contributed by atoms with E-state index in [1.807, 2.05) is 32.0 Å². The number of hydrogen-bond donors (Lipinski definition) is 1. The Bertz CT molecular complexity index is 926. The lowest BCUT2D eigenvalue weighted by molar-refractivity contribution is -0.125. The zero-order valence-electron chi connectivity index (χ0n) is 18.1. The van der Waals surface area contributed by atoms with Gasteiger partial charge in [0, 0.05) is 25.2 Å². The molecule has 0 saturated carbocycles. The van der Waals surface area contributed by atoms with E-state index in [2.05, 4.69) is 17.4 Å². The van der Waals surface area contributed by atoms with Gasteiger partial charge in [0.2, 0.25) is 5.91 Å². The average Bonchev–Trinajstić information content (AvgIpc) is 2.79. The second-order valence-corrected chi connectivity index (χ2v) is 7.37. The van der Waals surface area contributed by atoms with Crippen molar-refractivity contribution >= 4 is 23.4 Å². The van der Waals surface area contributed by atoms with E-state index in [1.165, 1.54) is 10.5 Å². The lowest BCUT2D eigenvalue weighted by Gasteiger charge is -2.29. The number of carbonyl (C=O) groups is 3. The summed E-state index contributed by atoms with van der Waals surface area (Å²) in [4.78, 5) is 40.7. The molecule has 31 heavy (non-hydrogen) atoms. The number of carbonyl (C=O) groups excluding carboxylic acids is 3. The smallest absolute Gasteiger partial charge is 0.265 e. The van der Waals surface area contributed by atoms with E-state index in [9.17, 15) is 14.4 Å². The summed E-state index contributed by atoms with van der Waals surface area (Å²) in [6.07, 6.45) is 1.68. The van der Waals surface area contributed by atoms with Gasteiger partial charge in [-0.05, 0) is 50.5 Å². The van der Waals surface area contributed by atoms with E-state index < -0.39 is 0 Å². The third-order valence-corrected chi connectivity index (χ3v) is 5.31. The van der Waals surface area contributed by atoms with Crippen LogP contribution < -0.4 is 15.0 Å². The fourth-order valence-electron chi connectivity index (χ4n) is 3.57. The van der Waals surface area contributed by atoms with E-state index >= 15 is 0 Å². The highest BCUT2D eigenvalue weighted by Crippen LogP contribution is 2.33. The molecule has 1 aliphatic rings. The molecule has 7 heteroatoms. The molecule has 0 saturated heterocycles. The molecule has 0 unspecified atom stereocenters. The van der Waals surface area contributed by atoms with Crippen molar-refractivity contribution < 1.29 is 19.1 Å². The molecular formula is C24H29N3O4. The number of fused-ring (bicyclic) bond motifs is 1. The number of amides is 3. The molecule has 2 aromatic carbocycles. The first-order chi connectivity index (χ1) is 15.0. The van der Waals surface area contributed by atoms with Crippen LogP contribution in [0.3, 0.4) is 0 Å². The molecule has 164 valence electrons. The van der Waals surface area contributed by atoms with Gasteiger partial charge in [0.25, 0.3) is 11.8 Å². The Morgan fingerprint density at radius 1 is 1.10 bits per heavy atom. The van der Waals surface area contributed by atoms with E-state index in [4.69, 9.17) is 4.74 Å². The van der Waals surface area contributed by atoms with Crippen molar-refractivity contribution in [3.05, 3.63) is 59.7 Å². The highest BCUT2D eigenvalue weighted by atomic mass is 16.5. The summed E-state index contributed by atoms with van der Waals surface area (Å²) in [5.41, 5.74) is 2.14. The average molecular weight is 424 g/mol. The van der Waals surface area contributed by atoms with E-state index in [0.717, 1.165) is 12.8 Å². The topological polar surface area (TPSA) is 79.0 Å². The molecule has 0 fully saturated rings. The van der Waals surface area contributed by atoms with Crippen LogP contribution in [-0.4, -0.2) is 55.4 Å². The summed E-state index contributed by atoms with van der Waals surface area (Å²) < 4.78 is 5.50. The number of nitrogens with zero attached hydrogens (tertiary/aromatic N) is 2. The minimum Gasteiger partial charge on any atom is -0.482 e. The van der Waals surface area contributed by atoms with Crippen LogP contribution in [0.15, 0.2) is 48.5 Å². The highest BCUT2D eigenvalue weighted by Gasteiger charge is 2.28. The minimum atomic E-state index is -0.306. The van der Waals surface area contributed by atoms with Gasteiger partial charge < -0.3 is 15.0 Å². The summed E-state index contributed by atoms with van der Waals surface area (Å²) in [5, 5.41) is 2.88. The Hall–Kier alpha value is -3.35. The van der Waals surface area contributed by atoms with Gasteiger partial charge in [-0.25, -0.2) is 0 Å². The summed E-state index contributed by atoms with van der Waals surface area (Å²) in [6.45, 7) is 5.32. The number of anilines is 1. The molecule has 1 heterocycles. The molecule has 0 bridgehead atoms. The number of benzene rings is 2. The molecule has 0 aliphatic carbocycles. The monoisotopic (exact) mass is 423 g/mol. The van der Waals surface area contributed by atoms with Gasteiger partial charge in [-0.3, -0.25) is 19.3 Å². The van der Waals surface area contributed by atoms with Crippen molar-refractivity contribution in [2.24, 2.45) is 0 Å². The molecule has 3 rings (SSSR count). The Kier molecular flexibility index (Phi) is 7.65. The van der Waals surface area contributed by atoms with E-state index in [0.29, 0.717) is 36.6 Å². The maximum absolute atomic E-state index is 12.7. The zero-order chi connectivity index (χ0) is 22.2. The summed E-state index contributed by atoms with van der Waals surface area (Å²) >= 11 is 0. The van der Waals surface area contributed by atoms with Gasteiger partial charge in [-0.15, -0.1) is 0 Å². The molecule has 2 aromatic rings. The second-order valence-electron chi connectivity index (χ2n) is 7.37. The zero-order valence-corrected chi connectivity index (χ0v) is 18.1. The van der Waals surface area contributed by atoms with Gasteiger partial charge in [0.15, 0.2) is 6.61 Å². The number of rotatable bonds is 9. The van der Waals surface area contributed by atoms with Gasteiger partial charge >= 0.3 is 0 Å². The van der Waals surface area contributed by atoms with Gasteiger partial charge in [-0.1, -0.05) is 30.3 Å². The van der Waals surface area contributed by atoms with Crippen LogP contribution in [0.4, 0.5) is 5.69 Å². The van der Waals surface area contributed by atoms with Gasteiger partial charge in [0.1, 0.15) is 12.3 Å². The van der Waals surface area contributed by atoms with Crippen molar-refractivity contribution in [1.29, 1.82) is 0 Å². The SMILES string of the molecule is CCN(CC)C(=O)c1ccc2c(c1)N(CC(=O)NCCCc1ccccc1)C(=O)CO2. The van der Waals surface area contributed by atoms with Crippen molar-refractivity contribution in [3.8, 4) is 5.75 Å². The fourth-order valence-corrected chi connectivity index (χ4v) is 3.57. The quantitative estimate of drug-likeness (QED) is 0.629. The Morgan fingerprint density at radius 3 is 2.55 bits per heavy atom. The molecule has 7 nitrogen and oxygen atoms in total. The number of ether oxygens (including phenoxy) is 1.